The zero-order chi connectivity index (χ0) is 19.0. The van der Waals surface area contributed by atoms with Crippen molar-refractivity contribution in [3.63, 3.8) is 0 Å². The SMILES string of the molecule is COc1ccc(S(=O)(=O)CCC(=O)NCCC2CCCNC2)cc1OC. The number of ether oxygens (including phenoxy) is 2. The Morgan fingerprint density at radius 3 is 2.69 bits per heavy atom. The zero-order valence-electron chi connectivity index (χ0n) is 15.4. The number of rotatable bonds is 9. The lowest BCUT2D eigenvalue weighted by Gasteiger charge is -2.22. The Labute approximate surface area is 155 Å². The van der Waals surface area contributed by atoms with Crippen LogP contribution in [0.5, 0.6) is 11.5 Å². The number of amides is 1. The molecule has 1 unspecified atom stereocenters. The van der Waals surface area contributed by atoms with Crippen molar-refractivity contribution in [1.82, 2.24) is 10.6 Å². The van der Waals surface area contributed by atoms with Crippen LogP contribution in [-0.2, 0) is 14.6 Å². The van der Waals surface area contributed by atoms with Crippen LogP contribution in [0.4, 0.5) is 0 Å². The molecule has 0 spiro atoms. The van der Waals surface area contributed by atoms with Crippen LogP contribution < -0.4 is 20.1 Å². The molecule has 1 amide bonds. The lowest BCUT2D eigenvalue weighted by molar-refractivity contribution is -0.120. The maximum atomic E-state index is 12.4. The Hall–Kier alpha value is -1.80. The van der Waals surface area contributed by atoms with E-state index in [1.54, 1.807) is 6.07 Å². The summed E-state index contributed by atoms with van der Waals surface area (Å²) in [4.78, 5) is 12.1. The molecule has 1 saturated heterocycles. The fraction of sp³-hybridized carbons (Fsp3) is 0.611. The van der Waals surface area contributed by atoms with Gasteiger partial charge in [0.15, 0.2) is 21.3 Å². The number of sulfone groups is 1. The molecule has 1 heterocycles. The molecule has 1 atom stereocenters. The third-order valence-electron chi connectivity index (χ3n) is 4.59. The monoisotopic (exact) mass is 384 g/mol. The molecule has 0 radical (unpaired) electrons. The van der Waals surface area contributed by atoms with Crippen LogP contribution in [0.15, 0.2) is 23.1 Å². The highest BCUT2D eigenvalue weighted by atomic mass is 32.2. The molecule has 0 bridgehead atoms. The van der Waals surface area contributed by atoms with Crippen molar-refractivity contribution in [1.29, 1.82) is 0 Å². The van der Waals surface area contributed by atoms with Gasteiger partial charge in [-0.15, -0.1) is 0 Å². The van der Waals surface area contributed by atoms with Gasteiger partial charge in [0.05, 0.1) is 24.9 Å². The van der Waals surface area contributed by atoms with Crippen LogP contribution >= 0.6 is 0 Å². The van der Waals surface area contributed by atoms with Gasteiger partial charge in [0.25, 0.3) is 0 Å². The van der Waals surface area contributed by atoms with Gasteiger partial charge in [0.2, 0.25) is 5.91 Å². The van der Waals surface area contributed by atoms with E-state index in [0.717, 1.165) is 19.5 Å². The molecule has 1 aromatic rings. The average Bonchev–Trinajstić information content (AvgIpc) is 2.66. The lowest BCUT2D eigenvalue weighted by Crippen LogP contribution is -2.33. The minimum atomic E-state index is -3.56. The normalized spacial score (nSPS) is 17.5. The van der Waals surface area contributed by atoms with Crippen LogP contribution in [0.2, 0.25) is 0 Å². The summed E-state index contributed by atoms with van der Waals surface area (Å²) in [7, 11) is -0.631. The summed E-state index contributed by atoms with van der Waals surface area (Å²) >= 11 is 0. The number of carbonyl (C=O) groups is 1. The Balaban J connectivity index is 1.82. The minimum Gasteiger partial charge on any atom is -0.493 e. The van der Waals surface area contributed by atoms with Gasteiger partial charge >= 0.3 is 0 Å². The van der Waals surface area contributed by atoms with Gasteiger partial charge in [0, 0.05) is 19.0 Å². The van der Waals surface area contributed by atoms with Gasteiger partial charge in [-0.05, 0) is 50.4 Å². The van der Waals surface area contributed by atoms with E-state index in [-0.39, 0.29) is 23.0 Å². The van der Waals surface area contributed by atoms with Gasteiger partial charge < -0.3 is 20.1 Å². The highest BCUT2D eigenvalue weighted by molar-refractivity contribution is 7.91. The zero-order valence-corrected chi connectivity index (χ0v) is 16.2. The third-order valence-corrected chi connectivity index (χ3v) is 6.30. The third kappa shape index (κ3) is 5.88. The number of methoxy groups -OCH3 is 2. The molecular weight excluding hydrogens is 356 g/mol. The second-order valence-electron chi connectivity index (χ2n) is 6.44. The molecule has 0 aromatic heterocycles. The molecule has 0 saturated carbocycles. The molecule has 1 aliphatic rings. The second-order valence-corrected chi connectivity index (χ2v) is 8.55. The number of benzene rings is 1. The lowest BCUT2D eigenvalue weighted by atomic mass is 9.96. The minimum absolute atomic E-state index is 0.0560. The maximum Gasteiger partial charge on any atom is 0.221 e. The fourth-order valence-electron chi connectivity index (χ4n) is 3.03. The summed E-state index contributed by atoms with van der Waals surface area (Å²) in [5, 5.41) is 6.16. The first-order valence-corrected chi connectivity index (χ1v) is 10.5. The van der Waals surface area contributed by atoms with Crippen LogP contribution in [-0.4, -0.2) is 53.9 Å². The smallest absolute Gasteiger partial charge is 0.221 e. The van der Waals surface area contributed by atoms with E-state index in [0.29, 0.717) is 24.0 Å². The van der Waals surface area contributed by atoms with Gasteiger partial charge in [-0.2, -0.15) is 0 Å². The molecule has 0 aliphatic carbocycles. The molecule has 1 aliphatic heterocycles. The van der Waals surface area contributed by atoms with E-state index in [4.69, 9.17) is 9.47 Å². The summed E-state index contributed by atoms with van der Waals surface area (Å²) in [6.07, 6.45) is 3.21. The predicted octanol–water partition coefficient (Wildman–Crippen LogP) is 1.37. The van der Waals surface area contributed by atoms with Crippen molar-refractivity contribution in [2.24, 2.45) is 5.92 Å². The molecule has 1 fully saturated rings. The Kier molecular flexibility index (Phi) is 7.71. The van der Waals surface area contributed by atoms with E-state index in [2.05, 4.69) is 10.6 Å². The Morgan fingerprint density at radius 1 is 1.27 bits per heavy atom. The molecule has 7 nitrogen and oxygen atoms in total. The summed E-state index contributed by atoms with van der Waals surface area (Å²) in [5.74, 6) is 0.914. The molecule has 26 heavy (non-hydrogen) atoms. The van der Waals surface area contributed by atoms with Gasteiger partial charge in [-0.25, -0.2) is 8.42 Å². The summed E-state index contributed by atoms with van der Waals surface area (Å²) < 4.78 is 35.1. The summed E-state index contributed by atoms with van der Waals surface area (Å²) in [6.45, 7) is 2.64. The van der Waals surface area contributed by atoms with Crippen LogP contribution in [0, 0.1) is 5.92 Å². The van der Waals surface area contributed by atoms with Crippen LogP contribution in [0.3, 0.4) is 0 Å². The molecule has 8 heteroatoms. The van der Waals surface area contributed by atoms with E-state index in [9.17, 15) is 13.2 Å². The first-order chi connectivity index (χ1) is 12.5. The second kappa shape index (κ2) is 9.78. The first-order valence-electron chi connectivity index (χ1n) is 8.88. The number of hydrogen-bond acceptors (Lipinski definition) is 6. The number of piperidine rings is 1. The van der Waals surface area contributed by atoms with Crippen LogP contribution in [0.1, 0.15) is 25.7 Å². The highest BCUT2D eigenvalue weighted by Crippen LogP contribution is 2.29. The quantitative estimate of drug-likeness (QED) is 0.668. The number of hydrogen-bond donors (Lipinski definition) is 2. The number of nitrogens with one attached hydrogen (secondary N) is 2. The number of carbonyl (C=O) groups excluding carboxylic acids is 1. The van der Waals surface area contributed by atoms with Crippen molar-refractivity contribution in [3.8, 4) is 11.5 Å². The molecule has 146 valence electrons. The summed E-state index contributed by atoms with van der Waals surface area (Å²) in [6, 6.07) is 4.43. The Bertz CT molecular complexity index is 700. The molecule has 2 N–H and O–H groups in total. The van der Waals surface area contributed by atoms with E-state index < -0.39 is 9.84 Å². The van der Waals surface area contributed by atoms with Crippen LogP contribution in [0.25, 0.3) is 0 Å². The molecular formula is C18H28N2O5S. The first kappa shape index (κ1) is 20.5. The van der Waals surface area contributed by atoms with Gasteiger partial charge in [-0.1, -0.05) is 0 Å². The predicted molar refractivity (Wildman–Crippen MR) is 99.4 cm³/mol. The van der Waals surface area contributed by atoms with E-state index in [1.807, 2.05) is 0 Å². The van der Waals surface area contributed by atoms with Gasteiger partial charge in [-0.3, -0.25) is 4.79 Å². The fourth-order valence-corrected chi connectivity index (χ4v) is 4.28. The standard InChI is InChI=1S/C18H28N2O5S/c1-24-16-6-5-15(12-17(16)25-2)26(22,23)11-8-18(21)20-10-7-14-4-3-9-19-13-14/h5-6,12,14,19H,3-4,7-11,13H2,1-2H3,(H,20,21). The largest absolute Gasteiger partial charge is 0.493 e. The van der Waals surface area contributed by atoms with E-state index >= 15 is 0 Å². The van der Waals surface area contributed by atoms with Crippen molar-refractivity contribution in [2.75, 3.05) is 39.6 Å². The Morgan fingerprint density at radius 2 is 2.04 bits per heavy atom. The summed E-state index contributed by atoms with van der Waals surface area (Å²) in [5.41, 5.74) is 0. The average molecular weight is 384 g/mol. The van der Waals surface area contributed by atoms with E-state index in [1.165, 1.54) is 39.2 Å². The molecule has 2 rings (SSSR count). The maximum absolute atomic E-state index is 12.4. The molecule has 1 aromatic carbocycles. The highest BCUT2D eigenvalue weighted by Gasteiger charge is 2.19. The van der Waals surface area contributed by atoms with Gasteiger partial charge in [0.1, 0.15) is 0 Å². The van der Waals surface area contributed by atoms with Crippen molar-refractivity contribution in [3.05, 3.63) is 18.2 Å². The van der Waals surface area contributed by atoms with Crippen molar-refractivity contribution < 1.29 is 22.7 Å². The topological polar surface area (TPSA) is 93.7 Å². The van der Waals surface area contributed by atoms with Crippen molar-refractivity contribution in [2.45, 2.75) is 30.6 Å². The van der Waals surface area contributed by atoms with Crippen molar-refractivity contribution >= 4 is 15.7 Å².